The van der Waals surface area contributed by atoms with E-state index in [1.165, 1.54) is 12.5 Å². The van der Waals surface area contributed by atoms with Crippen molar-refractivity contribution in [3.63, 3.8) is 0 Å². The molecule has 4 rings (SSSR count). The van der Waals surface area contributed by atoms with Crippen molar-refractivity contribution in [3.05, 3.63) is 41.7 Å². The van der Waals surface area contributed by atoms with Gasteiger partial charge in [0.05, 0.1) is 11.3 Å². The van der Waals surface area contributed by atoms with Gasteiger partial charge in [0.1, 0.15) is 12.0 Å². The number of hydrogen-bond donors (Lipinski definition) is 2. The molecule has 0 saturated carbocycles. The largest absolute Gasteiger partial charge is 0.371 e. The number of aliphatic imine (C=N–C) groups is 1. The fraction of sp³-hybridized carbons (Fsp3) is 0.368. The lowest BCUT2D eigenvalue weighted by Gasteiger charge is -2.31. The third-order valence-electron chi connectivity index (χ3n) is 5.17. The smallest absolute Gasteiger partial charge is 0.199 e. The molecule has 1 aromatic heterocycles. The van der Waals surface area contributed by atoms with E-state index in [0.717, 1.165) is 37.2 Å². The normalized spacial score (nSPS) is 20.0. The molecule has 26 heavy (non-hydrogen) atoms. The van der Waals surface area contributed by atoms with Gasteiger partial charge in [0.2, 0.25) is 0 Å². The highest BCUT2D eigenvalue weighted by Gasteiger charge is 2.26. The lowest BCUT2D eigenvalue weighted by atomic mass is 10.0. The summed E-state index contributed by atoms with van der Waals surface area (Å²) in [5.41, 5.74) is 14.8. The van der Waals surface area contributed by atoms with Gasteiger partial charge in [-0.05, 0) is 43.5 Å². The molecule has 2 aliphatic heterocycles. The van der Waals surface area contributed by atoms with E-state index >= 15 is 0 Å². The minimum Gasteiger partial charge on any atom is -0.371 e. The Morgan fingerprint density at radius 2 is 1.88 bits per heavy atom. The summed E-state index contributed by atoms with van der Waals surface area (Å²) in [7, 11) is 1.78. The molecular weight excluding hydrogens is 331 g/mol. The monoisotopic (exact) mass is 354 g/mol. The molecule has 3 heterocycles. The molecule has 2 aromatic rings. The first-order chi connectivity index (χ1) is 12.6. The van der Waals surface area contributed by atoms with E-state index in [0.29, 0.717) is 23.0 Å². The quantitative estimate of drug-likeness (QED) is 0.866. The molecule has 1 unspecified atom stereocenters. The summed E-state index contributed by atoms with van der Waals surface area (Å²) in [6.07, 6.45) is 3.05. The minimum absolute atomic E-state index is 0.283. The van der Waals surface area contributed by atoms with Crippen LogP contribution in [0.5, 0.6) is 0 Å². The van der Waals surface area contributed by atoms with Crippen LogP contribution in [0.15, 0.2) is 35.3 Å². The zero-order valence-electron chi connectivity index (χ0n) is 14.8. The Hall–Kier alpha value is -2.67. The van der Waals surface area contributed by atoms with Crippen molar-refractivity contribution in [2.75, 3.05) is 25.0 Å². The molecule has 0 amide bonds. The summed E-state index contributed by atoms with van der Waals surface area (Å²) in [4.78, 5) is 12.8. The number of hydrogen-bond acceptors (Lipinski definition) is 6. The van der Waals surface area contributed by atoms with Crippen LogP contribution in [0.1, 0.15) is 31.0 Å². The van der Waals surface area contributed by atoms with Crippen LogP contribution in [-0.4, -0.2) is 36.0 Å². The van der Waals surface area contributed by atoms with Gasteiger partial charge in [0, 0.05) is 31.4 Å². The molecule has 1 fully saturated rings. The third-order valence-corrected chi connectivity index (χ3v) is 5.17. The number of nitrogens with zero attached hydrogens (tertiary/aromatic N) is 4. The number of guanidine groups is 1. The van der Waals surface area contributed by atoms with Crippen LogP contribution in [0.3, 0.4) is 0 Å². The highest BCUT2D eigenvalue weighted by atomic mass is 19.1. The maximum atomic E-state index is 14.8. The second-order valence-corrected chi connectivity index (χ2v) is 6.82. The van der Waals surface area contributed by atoms with E-state index in [4.69, 9.17) is 11.5 Å². The van der Waals surface area contributed by atoms with Gasteiger partial charge >= 0.3 is 0 Å². The predicted molar refractivity (Wildman–Crippen MR) is 102 cm³/mol. The van der Waals surface area contributed by atoms with Crippen molar-refractivity contribution in [2.24, 2.45) is 16.5 Å². The Balaban J connectivity index is 1.81. The number of piperidine rings is 1. The highest BCUT2D eigenvalue weighted by Crippen LogP contribution is 2.37. The Labute approximate surface area is 152 Å². The van der Waals surface area contributed by atoms with Crippen molar-refractivity contribution in [2.45, 2.75) is 25.4 Å². The molecule has 0 spiro atoms. The topological polar surface area (TPSA) is 83.8 Å². The molecular formula is C19H23FN6. The molecule has 0 bridgehead atoms. The number of nitrogens with two attached hydrogens (primary N) is 2. The molecule has 7 heteroatoms. The first-order valence-corrected chi connectivity index (χ1v) is 8.93. The number of fused-ring (bicyclic) bond motifs is 1. The van der Waals surface area contributed by atoms with Gasteiger partial charge in [0.25, 0.3) is 0 Å². The van der Waals surface area contributed by atoms with Gasteiger partial charge in [-0.15, -0.1) is 0 Å². The average molecular weight is 354 g/mol. The maximum absolute atomic E-state index is 14.8. The molecule has 2 aliphatic rings. The van der Waals surface area contributed by atoms with E-state index in [1.54, 1.807) is 18.0 Å². The molecule has 1 saturated heterocycles. The first-order valence-electron chi connectivity index (χ1n) is 8.93. The molecule has 136 valence electrons. The number of rotatable bonds is 2. The Bertz CT molecular complexity index is 859. The lowest BCUT2D eigenvalue weighted by Crippen LogP contribution is -2.43. The molecule has 1 atom stereocenters. The van der Waals surface area contributed by atoms with Gasteiger partial charge in [-0.3, -0.25) is 0 Å². The van der Waals surface area contributed by atoms with E-state index in [9.17, 15) is 4.39 Å². The van der Waals surface area contributed by atoms with E-state index < -0.39 is 6.17 Å². The van der Waals surface area contributed by atoms with Crippen molar-refractivity contribution in [1.82, 2.24) is 9.88 Å². The SMILES string of the molecule is CN1C(N)=Nc2nc(-c3c(F)cccc3N3CCCCC3)ccc2C1N. The Kier molecular flexibility index (Phi) is 4.24. The molecule has 0 radical (unpaired) electrons. The van der Waals surface area contributed by atoms with Crippen LogP contribution < -0.4 is 16.4 Å². The summed E-state index contributed by atoms with van der Waals surface area (Å²) < 4.78 is 14.8. The van der Waals surface area contributed by atoms with E-state index in [1.807, 2.05) is 18.2 Å². The van der Waals surface area contributed by atoms with Gasteiger partial charge in [0.15, 0.2) is 11.8 Å². The predicted octanol–water partition coefficient (Wildman–Crippen LogP) is 2.73. The fourth-order valence-corrected chi connectivity index (χ4v) is 3.62. The average Bonchev–Trinajstić information content (AvgIpc) is 2.66. The second-order valence-electron chi connectivity index (χ2n) is 6.82. The molecule has 4 N–H and O–H groups in total. The van der Waals surface area contributed by atoms with Crippen LogP contribution in [-0.2, 0) is 0 Å². The Morgan fingerprint density at radius 1 is 1.12 bits per heavy atom. The van der Waals surface area contributed by atoms with Crippen LogP contribution in [0, 0.1) is 5.82 Å². The fourth-order valence-electron chi connectivity index (χ4n) is 3.62. The standard InChI is InChI=1S/C19H23FN6/c1-25-17(21)12-8-9-14(23-18(12)24-19(25)22)16-13(20)6-5-7-15(16)26-10-3-2-4-11-26/h5-9,17H,2-4,10-11,21H2,1H3,(H2,22,23,24). The van der Waals surface area contributed by atoms with E-state index in [2.05, 4.69) is 14.9 Å². The van der Waals surface area contributed by atoms with Crippen molar-refractivity contribution in [3.8, 4) is 11.3 Å². The van der Waals surface area contributed by atoms with Crippen molar-refractivity contribution >= 4 is 17.5 Å². The van der Waals surface area contributed by atoms with Gasteiger partial charge in [-0.25, -0.2) is 9.37 Å². The van der Waals surface area contributed by atoms with Crippen LogP contribution >= 0.6 is 0 Å². The zero-order chi connectivity index (χ0) is 18.3. The van der Waals surface area contributed by atoms with Crippen molar-refractivity contribution < 1.29 is 4.39 Å². The summed E-state index contributed by atoms with van der Waals surface area (Å²) >= 11 is 0. The third kappa shape index (κ3) is 2.78. The van der Waals surface area contributed by atoms with Crippen LogP contribution in [0.4, 0.5) is 15.9 Å². The van der Waals surface area contributed by atoms with Crippen LogP contribution in [0.2, 0.25) is 0 Å². The maximum Gasteiger partial charge on any atom is 0.199 e. The minimum atomic E-state index is -0.411. The number of anilines is 1. The van der Waals surface area contributed by atoms with Crippen LogP contribution in [0.25, 0.3) is 11.3 Å². The highest BCUT2D eigenvalue weighted by molar-refractivity contribution is 5.84. The van der Waals surface area contributed by atoms with E-state index in [-0.39, 0.29) is 5.82 Å². The first kappa shape index (κ1) is 16.8. The number of halogens is 1. The molecule has 6 nitrogen and oxygen atoms in total. The van der Waals surface area contributed by atoms with Gasteiger partial charge in [-0.2, -0.15) is 4.99 Å². The summed E-state index contributed by atoms with van der Waals surface area (Å²) in [5.74, 6) is 0.479. The number of benzene rings is 1. The molecule has 0 aliphatic carbocycles. The lowest BCUT2D eigenvalue weighted by molar-refractivity contribution is 0.374. The summed E-state index contributed by atoms with van der Waals surface area (Å²) in [5, 5.41) is 0. The van der Waals surface area contributed by atoms with Gasteiger partial charge < -0.3 is 21.3 Å². The number of pyridine rings is 1. The van der Waals surface area contributed by atoms with Gasteiger partial charge in [-0.1, -0.05) is 6.07 Å². The Morgan fingerprint density at radius 3 is 2.65 bits per heavy atom. The number of aromatic nitrogens is 1. The zero-order valence-corrected chi connectivity index (χ0v) is 14.8. The summed E-state index contributed by atoms with van der Waals surface area (Å²) in [6.45, 7) is 1.87. The second kappa shape index (κ2) is 6.57. The molecule has 1 aromatic carbocycles. The van der Waals surface area contributed by atoms with Crippen molar-refractivity contribution in [1.29, 1.82) is 0 Å². The summed E-state index contributed by atoms with van der Waals surface area (Å²) in [6, 6.07) is 8.86.